The molecule has 0 aliphatic rings. The minimum absolute atomic E-state index is 0.422. The zero-order valence-electron chi connectivity index (χ0n) is 9.76. The topological polar surface area (TPSA) is 75.2 Å². The lowest BCUT2D eigenvalue weighted by atomic mass is 10.5. The van der Waals surface area contributed by atoms with Crippen LogP contribution in [0.25, 0.3) is 0 Å². The first-order chi connectivity index (χ1) is 7.86. The van der Waals surface area contributed by atoms with Crippen molar-refractivity contribution < 1.29 is 9.47 Å². The van der Waals surface area contributed by atoms with Crippen molar-refractivity contribution in [1.29, 1.82) is 0 Å². The van der Waals surface area contributed by atoms with Gasteiger partial charge >= 0.3 is 0 Å². The van der Waals surface area contributed by atoms with E-state index in [1.807, 2.05) is 6.20 Å². The largest absolute Gasteiger partial charge is 0.379 e. The average Bonchev–Trinajstić information content (AvgIpc) is 2.76. The summed E-state index contributed by atoms with van der Waals surface area (Å²) in [7, 11) is 0. The van der Waals surface area contributed by atoms with Crippen LogP contribution in [0.3, 0.4) is 0 Å². The number of hydrogen-bond donors (Lipinski definition) is 1. The molecular weight excluding hydrogens is 208 g/mol. The molecule has 0 unspecified atom stereocenters. The number of ether oxygens (including phenoxy) is 2. The molecule has 0 fully saturated rings. The zero-order valence-corrected chi connectivity index (χ0v) is 9.76. The molecule has 0 radical (unpaired) electrons. The lowest BCUT2D eigenvalue weighted by molar-refractivity contribution is 0.0441. The number of nitrogens with zero attached hydrogens (tertiary/aromatic N) is 3. The summed E-state index contributed by atoms with van der Waals surface area (Å²) in [5, 5.41) is 7.79. The number of hydrogen-bond acceptors (Lipinski definition) is 5. The van der Waals surface area contributed by atoms with Crippen LogP contribution >= 0.6 is 0 Å². The van der Waals surface area contributed by atoms with Crippen molar-refractivity contribution in [1.82, 2.24) is 15.0 Å². The summed E-state index contributed by atoms with van der Waals surface area (Å²) in [5.41, 5.74) is 6.22. The van der Waals surface area contributed by atoms with E-state index < -0.39 is 0 Å². The van der Waals surface area contributed by atoms with E-state index in [1.54, 1.807) is 4.68 Å². The van der Waals surface area contributed by atoms with Crippen LogP contribution in [0.1, 0.15) is 19.0 Å². The Kier molecular flexibility index (Phi) is 6.71. The summed E-state index contributed by atoms with van der Waals surface area (Å²) in [6.07, 6.45) is 2.87. The van der Waals surface area contributed by atoms with Gasteiger partial charge in [-0.15, -0.1) is 5.10 Å². The number of rotatable bonds is 9. The molecule has 0 bridgehead atoms. The van der Waals surface area contributed by atoms with Gasteiger partial charge in [-0.25, -0.2) is 4.68 Å². The third kappa shape index (κ3) is 5.20. The molecule has 0 amide bonds. The fraction of sp³-hybridized carbons (Fsp3) is 0.800. The molecule has 0 aliphatic carbocycles. The van der Waals surface area contributed by atoms with E-state index in [9.17, 15) is 0 Å². The first-order valence-corrected chi connectivity index (χ1v) is 5.61. The van der Waals surface area contributed by atoms with E-state index in [-0.39, 0.29) is 0 Å². The summed E-state index contributed by atoms with van der Waals surface area (Å²) in [4.78, 5) is 0. The number of nitrogens with two attached hydrogens (primary N) is 1. The van der Waals surface area contributed by atoms with E-state index in [2.05, 4.69) is 17.2 Å². The maximum Gasteiger partial charge on any atom is 0.0962 e. The standard InChI is InChI=1S/C10H20N4O2/c1-2-4-15-6-7-16-5-3-14-9-10(8-11)12-13-14/h9H,2-8,11H2,1H3. The van der Waals surface area contributed by atoms with Crippen molar-refractivity contribution in [3.63, 3.8) is 0 Å². The normalized spacial score (nSPS) is 10.9. The van der Waals surface area contributed by atoms with Crippen molar-refractivity contribution in [3.8, 4) is 0 Å². The molecule has 1 rings (SSSR count). The third-order valence-corrected chi connectivity index (χ3v) is 1.98. The van der Waals surface area contributed by atoms with E-state index in [0.29, 0.717) is 32.9 Å². The Labute approximate surface area is 95.7 Å². The van der Waals surface area contributed by atoms with E-state index in [1.165, 1.54) is 0 Å². The monoisotopic (exact) mass is 228 g/mol. The summed E-state index contributed by atoms with van der Waals surface area (Å²) in [5.74, 6) is 0. The molecule has 0 aliphatic heterocycles. The third-order valence-electron chi connectivity index (χ3n) is 1.98. The zero-order chi connectivity index (χ0) is 11.6. The first-order valence-electron chi connectivity index (χ1n) is 5.61. The lowest BCUT2D eigenvalue weighted by Crippen LogP contribution is -2.10. The molecule has 1 heterocycles. The van der Waals surface area contributed by atoms with Crippen LogP contribution in [0.4, 0.5) is 0 Å². The first kappa shape index (κ1) is 13.1. The Bertz CT molecular complexity index is 278. The van der Waals surface area contributed by atoms with Gasteiger partial charge in [-0.05, 0) is 6.42 Å². The summed E-state index contributed by atoms with van der Waals surface area (Å²) in [6.45, 7) is 5.89. The lowest BCUT2D eigenvalue weighted by Gasteiger charge is -2.04. The molecule has 0 atom stereocenters. The minimum Gasteiger partial charge on any atom is -0.379 e. The van der Waals surface area contributed by atoms with Crippen LogP contribution in [0, 0.1) is 0 Å². The molecule has 6 nitrogen and oxygen atoms in total. The molecule has 0 spiro atoms. The Hall–Kier alpha value is -0.980. The van der Waals surface area contributed by atoms with Gasteiger partial charge in [-0.1, -0.05) is 12.1 Å². The van der Waals surface area contributed by atoms with Crippen molar-refractivity contribution in [2.45, 2.75) is 26.4 Å². The Morgan fingerprint density at radius 2 is 2.00 bits per heavy atom. The van der Waals surface area contributed by atoms with E-state index >= 15 is 0 Å². The smallest absolute Gasteiger partial charge is 0.0962 e. The highest BCUT2D eigenvalue weighted by molar-refractivity contribution is 4.90. The van der Waals surface area contributed by atoms with Crippen molar-refractivity contribution in [3.05, 3.63) is 11.9 Å². The highest BCUT2D eigenvalue weighted by atomic mass is 16.5. The molecule has 0 saturated heterocycles. The molecule has 2 N–H and O–H groups in total. The molecule has 6 heteroatoms. The second kappa shape index (κ2) is 8.20. The summed E-state index contributed by atoms with van der Waals surface area (Å²) < 4.78 is 12.4. The molecule has 1 aromatic heterocycles. The van der Waals surface area contributed by atoms with Crippen LogP contribution in [-0.2, 0) is 22.6 Å². The predicted octanol–water partition coefficient (Wildman–Crippen LogP) is 0.180. The van der Waals surface area contributed by atoms with Crippen molar-refractivity contribution in [2.75, 3.05) is 26.4 Å². The van der Waals surface area contributed by atoms with Crippen molar-refractivity contribution in [2.24, 2.45) is 5.73 Å². The fourth-order valence-corrected chi connectivity index (χ4v) is 1.17. The molecule has 0 aromatic carbocycles. The van der Waals surface area contributed by atoms with Crippen LogP contribution in [-0.4, -0.2) is 41.4 Å². The van der Waals surface area contributed by atoms with Gasteiger partial charge in [0.2, 0.25) is 0 Å². The van der Waals surface area contributed by atoms with Crippen LogP contribution in [0.2, 0.25) is 0 Å². The highest BCUT2D eigenvalue weighted by Crippen LogP contribution is 1.91. The second-order valence-corrected chi connectivity index (χ2v) is 3.40. The van der Waals surface area contributed by atoms with Gasteiger partial charge in [0.25, 0.3) is 0 Å². The maximum absolute atomic E-state index is 5.42. The second-order valence-electron chi connectivity index (χ2n) is 3.40. The van der Waals surface area contributed by atoms with Crippen molar-refractivity contribution >= 4 is 0 Å². The van der Waals surface area contributed by atoms with Gasteiger partial charge in [0.1, 0.15) is 0 Å². The van der Waals surface area contributed by atoms with Crippen LogP contribution < -0.4 is 5.73 Å². The average molecular weight is 228 g/mol. The highest BCUT2D eigenvalue weighted by Gasteiger charge is 1.97. The van der Waals surface area contributed by atoms with Gasteiger partial charge in [0, 0.05) is 19.3 Å². The molecule has 92 valence electrons. The number of aromatic nitrogens is 3. The van der Waals surface area contributed by atoms with Crippen LogP contribution in [0.15, 0.2) is 6.20 Å². The van der Waals surface area contributed by atoms with E-state index in [0.717, 1.165) is 18.7 Å². The summed E-state index contributed by atoms with van der Waals surface area (Å²) in [6, 6.07) is 0. The van der Waals surface area contributed by atoms with E-state index in [4.69, 9.17) is 15.2 Å². The minimum atomic E-state index is 0.422. The molecule has 1 aromatic rings. The van der Waals surface area contributed by atoms with Gasteiger partial charge < -0.3 is 15.2 Å². The molecular formula is C10H20N4O2. The predicted molar refractivity (Wildman–Crippen MR) is 59.8 cm³/mol. The van der Waals surface area contributed by atoms with Gasteiger partial charge in [-0.2, -0.15) is 0 Å². The summed E-state index contributed by atoms with van der Waals surface area (Å²) >= 11 is 0. The quantitative estimate of drug-likeness (QED) is 0.610. The Balaban J connectivity index is 1.98. The molecule has 16 heavy (non-hydrogen) atoms. The van der Waals surface area contributed by atoms with Gasteiger partial charge in [0.15, 0.2) is 0 Å². The van der Waals surface area contributed by atoms with Crippen LogP contribution in [0.5, 0.6) is 0 Å². The van der Waals surface area contributed by atoms with Gasteiger partial charge in [0.05, 0.1) is 32.1 Å². The fourth-order valence-electron chi connectivity index (χ4n) is 1.17. The Morgan fingerprint density at radius 3 is 2.62 bits per heavy atom. The Morgan fingerprint density at radius 1 is 1.25 bits per heavy atom. The SMILES string of the molecule is CCCOCCOCCn1cc(CN)nn1. The molecule has 0 saturated carbocycles. The van der Waals surface area contributed by atoms with Gasteiger partial charge in [-0.3, -0.25) is 0 Å². The maximum atomic E-state index is 5.42.